The van der Waals surface area contributed by atoms with Crippen molar-refractivity contribution in [2.45, 2.75) is 6.42 Å². The third kappa shape index (κ3) is 5.84. The van der Waals surface area contributed by atoms with Gasteiger partial charge in [-0.1, -0.05) is 12.1 Å². The van der Waals surface area contributed by atoms with Crippen molar-refractivity contribution in [3.05, 3.63) is 54.0 Å². The summed E-state index contributed by atoms with van der Waals surface area (Å²) in [6.45, 7) is -0.856. The van der Waals surface area contributed by atoms with Crippen LogP contribution in [0, 0.1) is 11.3 Å². The van der Waals surface area contributed by atoms with Crippen molar-refractivity contribution in [3.63, 3.8) is 0 Å². The van der Waals surface area contributed by atoms with Gasteiger partial charge in [0.2, 0.25) is 0 Å². The van der Waals surface area contributed by atoms with Crippen LogP contribution in [-0.2, 0) is 20.7 Å². The van der Waals surface area contributed by atoms with Gasteiger partial charge in [-0.05, 0) is 29.8 Å². The molecule has 0 fully saturated rings. The monoisotopic (exact) mass is 341 g/mol. The molecule has 0 radical (unpaired) electrons. The first-order valence-electron chi connectivity index (χ1n) is 7.31. The van der Waals surface area contributed by atoms with E-state index in [9.17, 15) is 14.4 Å². The molecule has 1 heterocycles. The van der Waals surface area contributed by atoms with Crippen LogP contribution in [0.5, 0.6) is 0 Å². The lowest BCUT2D eigenvalue weighted by atomic mass is 10.1. The number of amides is 2. The Kier molecular flexibility index (Phi) is 6.31. The second-order valence-electron chi connectivity index (χ2n) is 4.90. The number of nitrogens with zero attached hydrogens (tertiary/aromatic N) is 1. The summed E-state index contributed by atoms with van der Waals surface area (Å²) in [6.07, 6.45) is 1.62. The van der Waals surface area contributed by atoms with Gasteiger partial charge in [-0.15, -0.1) is 0 Å². The molecule has 0 saturated carbocycles. The maximum Gasteiger partial charge on any atom is 0.325 e. The van der Waals surface area contributed by atoms with E-state index in [1.54, 1.807) is 30.3 Å². The van der Waals surface area contributed by atoms with Crippen LogP contribution in [0.4, 0.5) is 5.69 Å². The SMILES string of the molecule is N#CCc1ccc(NC(=O)COC(=O)CNC(=O)c2ccco2)cc1. The third-order valence-electron chi connectivity index (χ3n) is 3.02. The molecule has 0 spiro atoms. The van der Waals surface area contributed by atoms with E-state index < -0.39 is 24.4 Å². The van der Waals surface area contributed by atoms with E-state index in [2.05, 4.69) is 10.6 Å². The highest BCUT2D eigenvalue weighted by molar-refractivity contribution is 5.95. The standard InChI is InChI=1S/C17H15N3O5/c18-8-7-12-3-5-13(6-4-12)20-15(21)11-25-16(22)10-19-17(23)14-2-1-9-24-14/h1-6,9H,7,10-11H2,(H,19,23)(H,20,21). The van der Waals surface area contributed by atoms with Gasteiger partial charge in [0, 0.05) is 5.69 Å². The molecule has 0 aliphatic carbocycles. The van der Waals surface area contributed by atoms with Crippen molar-refractivity contribution in [3.8, 4) is 6.07 Å². The minimum Gasteiger partial charge on any atom is -0.459 e. The summed E-state index contributed by atoms with van der Waals surface area (Å²) >= 11 is 0. The molecule has 25 heavy (non-hydrogen) atoms. The van der Waals surface area contributed by atoms with Gasteiger partial charge in [0.05, 0.1) is 18.8 Å². The molecule has 0 saturated heterocycles. The van der Waals surface area contributed by atoms with E-state index in [0.29, 0.717) is 5.69 Å². The van der Waals surface area contributed by atoms with Crippen molar-refractivity contribution in [1.29, 1.82) is 5.26 Å². The van der Waals surface area contributed by atoms with E-state index in [4.69, 9.17) is 14.4 Å². The summed E-state index contributed by atoms with van der Waals surface area (Å²) in [6, 6.07) is 11.8. The Morgan fingerprint density at radius 2 is 1.92 bits per heavy atom. The van der Waals surface area contributed by atoms with Crippen LogP contribution < -0.4 is 10.6 Å². The predicted octanol–water partition coefficient (Wildman–Crippen LogP) is 1.26. The van der Waals surface area contributed by atoms with Crippen LogP contribution in [-0.4, -0.2) is 30.9 Å². The van der Waals surface area contributed by atoms with E-state index >= 15 is 0 Å². The number of esters is 1. The van der Waals surface area contributed by atoms with Gasteiger partial charge in [-0.2, -0.15) is 5.26 Å². The van der Waals surface area contributed by atoms with Crippen molar-refractivity contribution >= 4 is 23.5 Å². The summed E-state index contributed by atoms with van der Waals surface area (Å²) < 4.78 is 9.64. The van der Waals surface area contributed by atoms with Crippen molar-refractivity contribution < 1.29 is 23.5 Å². The normalized spacial score (nSPS) is 9.72. The molecule has 0 atom stereocenters. The Morgan fingerprint density at radius 1 is 1.16 bits per heavy atom. The summed E-state index contributed by atoms with van der Waals surface area (Å²) in [7, 11) is 0. The number of carbonyl (C=O) groups excluding carboxylic acids is 3. The van der Waals surface area contributed by atoms with Gasteiger partial charge in [-0.3, -0.25) is 14.4 Å². The van der Waals surface area contributed by atoms with Gasteiger partial charge < -0.3 is 19.8 Å². The zero-order valence-electron chi connectivity index (χ0n) is 13.2. The molecular formula is C17H15N3O5. The number of rotatable bonds is 7. The first-order chi connectivity index (χ1) is 12.1. The third-order valence-corrected chi connectivity index (χ3v) is 3.02. The van der Waals surface area contributed by atoms with Gasteiger partial charge in [0.1, 0.15) is 6.54 Å². The average Bonchev–Trinajstić information content (AvgIpc) is 3.14. The molecule has 2 amide bonds. The molecular weight excluding hydrogens is 326 g/mol. The Morgan fingerprint density at radius 3 is 2.56 bits per heavy atom. The summed E-state index contributed by atoms with van der Waals surface area (Å²) in [5, 5.41) is 13.5. The predicted molar refractivity (Wildman–Crippen MR) is 86.4 cm³/mol. The zero-order valence-corrected chi connectivity index (χ0v) is 13.2. The topological polar surface area (TPSA) is 121 Å². The first-order valence-corrected chi connectivity index (χ1v) is 7.31. The number of carbonyl (C=O) groups is 3. The summed E-state index contributed by atoms with van der Waals surface area (Å²) in [5.74, 6) is -1.74. The summed E-state index contributed by atoms with van der Waals surface area (Å²) in [5.41, 5.74) is 1.35. The van der Waals surface area contributed by atoms with Gasteiger partial charge >= 0.3 is 5.97 Å². The largest absolute Gasteiger partial charge is 0.459 e. The van der Waals surface area contributed by atoms with E-state index in [1.807, 2.05) is 6.07 Å². The van der Waals surface area contributed by atoms with Crippen LogP contribution in [0.1, 0.15) is 16.1 Å². The number of anilines is 1. The molecule has 0 bridgehead atoms. The average molecular weight is 341 g/mol. The molecule has 2 aromatic rings. The molecule has 1 aromatic carbocycles. The number of furan rings is 1. The van der Waals surface area contributed by atoms with Crippen LogP contribution in [0.3, 0.4) is 0 Å². The molecule has 2 rings (SSSR count). The van der Waals surface area contributed by atoms with Crippen molar-refractivity contribution in [2.24, 2.45) is 0 Å². The Hall–Kier alpha value is -3.60. The molecule has 0 aliphatic rings. The lowest BCUT2D eigenvalue weighted by Gasteiger charge is -2.07. The number of hydrogen-bond acceptors (Lipinski definition) is 6. The molecule has 1 aromatic heterocycles. The second-order valence-corrected chi connectivity index (χ2v) is 4.90. The van der Waals surface area contributed by atoms with E-state index in [0.717, 1.165) is 5.56 Å². The van der Waals surface area contributed by atoms with Crippen LogP contribution in [0.25, 0.3) is 0 Å². The fourth-order valence-corrected chi connectivity index (χ4v) is 1.84. The lowest BCUT2D eigenvalue weighted by Crippen LogP contribution is -2.32. The maximum atomic E-state index is 11.7. The number of nitriles is 1. The summed E-state index contributed by atoms with van der Waals surface area (Å²) in [4.78, 5) is 34.8. The molecule has 8 heteroatoms. The number of hydrogen-bond donors (Lipinski definition) is 2. The first kappa shape index (κ1) is 17.7. The lowest BCUT2D eigenvalue weighted by molar-refractivity contribution is -0.146. The molecule has 0 unspecified atom stereocenters. The molecule has 128 valence electrons. The van der Waals surface area contributed by atoms with Gasteiger partial charge in [0.15, 0.2) is 12.4 Å². The minimum absolute atomic E-state index is 0.0744. The molecule has 0 aliphatic heterocycles. The van der Waals surface area contributed by atoms with Crippen LogP contribution >= 0.6 is 0 Å². The highest BCUT2D eigenvalue weighted by atomic mass is 16.5. The quantitative estimate of drug-likeness (QED) is 0.731. The fourth-order valence-electron chi connectivity index (χ4n) is 1.84. The van der Waals surface area contributed by atoms with Gasteiger partial charge in [-0.25, -0.2) is 0 Å². The van der Waals surface area contributed by atoms with Crippen LogP contribution in [0.15, 0.2) is 47.1 Å². The smallest absolute Gasteiger partial charge is 0.325 e. The zero-order chi connectivity index (χ0) is 18.1. The van der Waals surface area contributed by atoms with Crippen LogP contribution in [0.2, 0.25) is 0 Å². The van der Waals surface area contributed by atoms with E-state index in [-0.39, 0.29) is 18.7 Å². The number of ether oxygens (including phenoxy) is 1. The van der Waals surface area contributed by atoms with Gasteiger partial charge in [0.25, 0.3) is 11.8 Å². The number of benzene rings is 1. The highest BCUT2D eigenvalue weighted by Crippen LogP contribution is 2.09. The maximum absolute atomic E-state index is 11.7. The van der Waals surface area contributed by atoms with E-state index in [1.165, 1.54) is 12.3 Å². The Labute approximate surface area is 143 Å². The fraction of sp³-hybridized carbons (Fsp3) is 0.176. The molecule has 8 nitrogen and oxygen atoms in total. The van der Waals surface area contributed by atoms with Crippen molar-refractivity contribution in [1.82, 2.24) is 5.32 Å². The highest BCUT2D eigenvalue weighted by Gasteiger charge is 2.12. The second kappa shape index (κ2) is 8.88. The Bertz CT molecular complexity index is 776. The number of nitrogens with one attached hydrogen (secondary N) is 2. The van der Waals surface area contributed by atoms with Crippen molar-refractivity contribution in [2.75, 3.05) is 18.5 Å². The Balaban J connectivity index is 1.69. The molecule has 2 N–H and O–H groups in total. The minimum atomic E-state index is -0.751.